The highest BCUT2D eigenvalue weighted by molar-refractivity contribution is 5.95. The third-order valence-corrected chi connectivity index (χ3v) is 4.14. The van der Waals surface area contributed by atoms with E-state index in [1.807, 2.05) is 19.1 Å². The minimum atomic E-state index is -0.908. The summed E-state index contributed by atoms with van der Waals surface area (Å²) < 4.78 is 21.0. The first-order valence-corrected chi connectivity index (χ1v) is 9.40. The Balaban J connectivity index is 1.84. The Hall–Kier alpha value is -3.22. The van der Waals surface area contributed by atoms with Crippen LogP contribution in [-0.2, 0) is 20.7 Å². The van der Waals surface area contributed by atoms with Gasteiger partial charge in [-0.3, -0.25) is 9.59 Å². The quantitative estimate of drug-likeness (QED) is 0.613. The number of nitrogens with one attached hydrogen (secondary N) is 1. The Labute approximate surface area is 170 Å². The lowest BCUT2D eigenvalue weighted by Crippen LogP contribution is -2.30. The zero-order valence-electron chi connectivity index (χ0n) is 17.2. The number of ether oxygens (including phenoxy) is 4. The standard InChI is InChI=1S/C22H27NO6/c1-5-28-18-9-7-17(8-10-18)23-22(25)15(2)29-21(24)11-6-16-12-19(26-3)14-20(13-16)27-4/h7-10,12-15H,5-6,11H2,1-4H3,(H,23,25). The molecule has 1 amide bonds. The van der Waals surface area contributed by atoms with Crippen LogP contribution < -0.4 is 19.5 Å². The van der Waals surface area contributed by atoms with Crippen LogP contribution in [0.2, 0.25) is 0 Å². The Kier molecular flexibility index (Phi) is 8.33. The number of benzene rings is 2. The van der Waals surface area contributed by atoms with Gasteiger partial charge in [-0.15, -0.1) is 0 Å². The van der Waals surface area contributed by atoms with E-state index in [1.165, 1.54) is 6.92 Å². The normalized spacial score (nSPS) is 11.3. The monoisotopic (exact) mass is 401 g/mol. The number of rotatable bonds is 10. The molecule has 0 aromatic heterocycles. The van der Waals surface area contributed by atoms with Gasteiger partial charge in [-0.1, -0.05) is 0 Å². The summed E-state index contributed by atoms with van der Waals surface area (Å²) in [5, 5.41) is 2.72. The topological polar surface area (TPSA) is 83.1 Å². The summed E-state index contributed by atoms with van der Waals surface area (Å²) in [7, 11) is 3.13. The Morgan fingerprint density at radius 2 is 1.59 bits per heavy atom. The van der Waals surface area contributed by atoms with Gasteiger partial charge in [-0.25, -0.2) is 0 Å². The second-order valence-corrected chi connectivity index (χ2v) is 6.30. The summed E-state index contributed by atoms with van der Waals surface area (Å²) in [5.74, 6) is 1.16. The van der Waals surface area contributed by atoms with Gasteiger partial charge in [-0.2, -0.15) is 0 Å². The molecule has 0 aliphatic rings. The highest BCUT2D eigenvalue weighted by Gasteiger charge is 2.18. The smallest absolute Gasteiger partial charge is 0.306 e. The maximum atomic E-state index is 12.2. The third kappa shape index (κ3) is 7.03. The van der Waals surface area contributed by atoms with Gasteiger partial charge in [0, 0.05) is 18.2 Å². The van der Waals surface area contributed by atoms with Gasteiger partial charge < -0.3 is 24.3 Å². The minimum Gasteiger partial charge on any atom is -0.497 e. The van der Waals surface area contributed by atoms with Gasteiger partial charge >= 0.3 is 5.97 Å². The minimum absolute atomic E-state index is 0.136. The molecule has 0 radical (unpaired) electrons. The highest BCUT2D eigenvalue weighted by Crippen LogP contribution is 2.23. The summed E-state index contributed by atoms with van der Waals surface area (Å²) in [6.07, 6.45) is -0.328. The average molecular weight is 401 g/mol. The van der Waals surface area contributed by atoms with Crippen molar-refractivity contribution in [2.24, 2.45) is 0 Å². The summed E-state index contributed by atoms with van der Waals surface area (Å²) in [6, 6.07) is 12.4. The summed E-state index contributed by atoms with van der Waals surface area (Å²) in [4.78, 5) is 24.4. The van der Waals surface area contributed by atoms with Crippen molar-refractivity contribution in [2.75, 3.05) is 26.1 Å². The maximum absolute atomic E-state index is 12.2. The van der Waals surface area contributed by atoms with Gasteiger partial charge in [0.25, 0.3) is 5.91 Å². The predicted octanol–water partition coefficient (Wildman–Crippen LogP) is 3.61. The molecule has 2 rings (SSSR count). The van der Waals surface area contributed by atoms with E-state index >= 15 is 0 Å². The number of hydrogen-bond acceptors (Lipinski definition) is 6. The van der Waals surface area contributed by atoms with Crippen molar-refractivity contribution in [3.63, 3.8) is 0 Å². The predicted molar refractivity (Wildman–Crippen MR) is 110 cm³/mol. The van der Waals surface area contributed by atoms with Crippen molar-refractivity contribution < 1.29 is 28.5 Å². The van der Waals surface area contributed by atoms with Crippen LogP contribution in [0.25, 0.3) is 0 Å². The van der Waals surface area contributed by atoms with E-state index in [9.17, 15) is 9.59 Å². The number of hydrogen-bond donors (Lipinski definition) is 1. The fourth-order valence-corrected chi connectivity index (χ4v) is 2.61. The fraction of sp³-hybridized carbons (Fsp3) is 0.364. The van der Waals surface area contributed by atoms with Crippen molar-refractivity contribution in [1.82, 2.24) is 0 Å². The Morgan fingerprint density at radius 1 is 0.966 bits per heavy atom. The number of aryl methyl sites for hydroxylation is 1. The summed E-state index contributed by atoms with van der Waals surface area (Å²) in [6.45, 7) is 4.01. The van der Waals surface area contributed by atoms with E-state index in [-0.39, 0.29) is 6.42 Å². The lowest BCUT2D eigenvalue weighted by Gasteiger charge is -2.14. The van der Waals surface area contributed by atoms with Gasteiger partial charge in [0.05, 0.1) is 20.8 Å². The number of carbonyl (C=O) groups is 2. The van der Waals surface area contributed by atoms with Crippen LogP contribution in [0.5, 0.6) is 17.2 Å². The number of amides is 1. The zero-order chi connectivity index (χ0) is 21.2. The van der Waals surface area contributed by atoms with Crippen LogP contribution in [-0.4, -0.2) is 38.8 Å². The SMILES string of the molecule is CCOc1ccc(NC(=O)C(C)OC(=O)CCc2cc(OC)cc(OC)c2)cc1. The van der Waals surface area contributed by atoms with Gasteiger partial charge in [0.15, 0.2) is 6.10 Å². The number of anilines is 1. The van der Waals surface area contributed by atoms with Crippen molar-refractivity contribution in [3.8, 4) is 17.2 Å². The van der Waals surface area contributed by atoms with Crippen LogP contribution in [0.4, 0.5) is 5.69 Å². The lowest BCUT2D eigenvalue weighted by molar-refractivity contribution is -0.153. The van der Waals surface area contributed by atoms with E-state index in [0.29, 0.717) is 30.2 Å². The first-order valence-electron chi connectivity index (χ1n) is 9.40. The van der Waals surface area contributed by atoms with Crippen molar-refractivity contribution >= 4 is 17.6 Å². The fourth-order valence-electron chi connectivity index (χ4n) is 2.61. The molecule has 0 aliphatic heterocycles. The van der Waals surface area contributed by atoms with Gasteiger partial charge in [0.2, 0.25) is 0 Å². The van der Waals surface area contributed by atoms with Crippen LogP contribution in [0.15, 0.2) is 42.5 Å². The molecule has 2 aromatic rings. The second-order valence-electron chi connectivity index (χ2n) is 6.30. The number of methoxy groups -OCH3 is 2. The van der Waals surface area contributed by atoms with Gasteiger partial charge in [-0.05, 0) is 62.2 Å². The average Bonchev–Trinajstić information content (AvgIpc) is 2.73. The molecule has 1 unspecified atom stereocenters. The van der Waals surface area contributed by atoms with Crippen molar-refractivity contribution in [2.45, 2.75) is 32.8 Å². The molecule has 1 atom stereocenters. The van der Waals surface area contributed by atoms with Crippen molar-refractivity contribution in [1.29, 1.82) is 0 Å². The Morgan fingerprint density at radius 3 is 2.14 bits per heavy atom. The Bertz CT molecular complexity index is 796. The molecule has 7 heteroatoms. The molecule has 0 aliphatic carbocycles. The van der Waals surface area contributed by atoms with E-state index < -0.39 is 18.0 Å². The molecule has 0 saturated carbocycles. The first kappa shape index (κ1) is 22.1. The molecule has 1 N–H and O–H groups in total. The molecule has 0 spiro atoms. The molecule has 2 aromatic carbocycles. The first-order chi connectivity index (χ1) is 13.9. The molecular formula is C22H27NO6. The summed E-state index contributed by atoms with van der Waals surface area (Å²) in [5.41, 5.74) is 1.48. The molecule has 0 bridgehead atoms. The summed E-state index contributed by atoms with van der Waals surface area (Å²) >= 11 is 0. The van der Waals surface area contributed by atoms with Crippen LogP contribution in [0.1, 0.15) is 25.8 Å². The number of carbonyl (C=O) groups excluding carboxylic acids is 2. The van der Waals surface area contributed by atoms with Gasteiger partial charge in [0.1, 0.15) is 17.2 Å². The molecule has 0 heterocycles. The van der Waals surface area contributed by atoms with E-state index in [2.05, 4.69) is 5.32 Å². The largest absolute Gasteiger partial charge is 0.497 e. The highest BCUT2D eigenvalue weighted by atomic mass is 16.5. The molecule has 7 nitrogen and oxygen atoms in total. The maximum Gasteiger partial charge on any atom is 0.306 e. The van der Waals surface area contributed by atoms with Crippen molar-refractivity contribution in [3.05, 3.63) is 48.0 Å². The zero-order valence-corrected chi connectivity index (χ0v) is 17.2. The number of esters is 1. The van der Waals surface area contributed by atoms with Crippen LogP contribution in [0, 0.1) is 0 Å². The third-order valence-electron chi connectivity index (χ3n) is 4.14. The van der Waals surface area contributed by atoms with Crippen LogP contribution in [0.3, 0.4) is 0 Å². The lowest BCUT2D eigenvalue weighted by atomic mass is 10.1. The van der Waals surface area contributed by atoms with E-state index in [1.54, 1.807) is 44.6 Å². The van der Waals surface area contributed by atoms with Crippen LogP contribution >= 0.6 is 0 Å². The molecule has 0 fully saturated rings. The molecular weight excluding hydrogens is 374 g/mol. The molecule has 0 saturated heterocycles. The molecule has 156 valence electrons. The van der Waals surface area contributed by atoms with E-state index in [0.717, 1.165) is 11.3 Å². The second kappa shape index (κ2) is 10.9. The molecule has 29 heavy (non-hydrogen) atoms. The van der Waals surface area contributed by atoms with E-state index in [4.69, 9.17) is 18.9 Å².